The summed E-state index contributed by atoms with van der Waals surface area (Å²) in [5, 5.41) is 4.58. The second kappa shape index (κ2) is 10.2. The lowest BCUT2D eigenvalue weighted by atomic mass is 10.3. The maximum absolute atomic E-state index is 11.7. The van der Waals surface area contributed by atoms with Gasteiger partial charge < -0.3 is 19.5 Å². The normalized spacial score (nSPS) is 11.4. The molecule has 25 heavy (non-hydrogen) atoms. The molecule has 0 aliphatic carbocycles. The van der Waals surface area contributed by atoms with Crippen molar-refractivity contribution in [2.24, 2.45) is 0 Å². The smallest absolute Gasteiger partial charge is 0.344 e. The average molecular weight is 352 g/mol. The molecular weight excluding hydrogens is 328 g/mol. The summed E-state index contributed by atoms with van der Waals surface area (Å²) in [6.07, 6.45) is -1.12. The summed E-state index contributed by atoms with van der Waals surface area (Å²) in [5.41, 5.74) is 0. The minimum atomic E-state index is -1.12. The average Bonchev–Trinajstić information content (AvgIpc) is 2.53. The van der Waals surface area contributed by atoms with E-state index in [0.29, 0.717) is 18.1 Å². The quantitative estimate of drug-likeness (QED) is 0.689. The summed E-state index contributed by atoms with van der Waals surface area (Å²) in [5.74, 6) is -0.274. The van der Waals surface area contributed by atoms with Crippen molar-refractivity contribution < 1.29 is 28.6 Å². The molecule has 0 aromatic heterocycles. The lowest BCUT2D eigenvalue weighted by Gasteiger charge is -2.14. The number of ether oxygens (including phenoxy) is 3. The van der Waals surface area contributed by atoms with Crippen LogP contribution in [0.15, 0.2) is 24.3 Å². The number of esters is 1. The SMILES string of the molecule is CCOc1ccc(OCC(=O)OC(C)C(=O)NC(=O)NC(C)C)cc1. The molecule has 0 saturated heterocycles. The summed E-state index contributed by atoms with van der Waals surface area (Å²) >= 11 is 0. The Hall–Kier alpha value is -2.77. The van der Waals surface area contributed by atoms with Crippen molar-refractivity contribution in [3.8, 4) is 11.5 Å². The highest BCUT2D eigenvalue weighted by Gasteiger charge is 2.20. The van der Waals surface area contributed by atoms with Gasteiger partial charge in [0.25, 0.3) is 5.91 Å². The molecule has 1 rings (SSSR count). The summed E-state index contributed by atoms with van der Waals surface area (Å²) in [6.45, 7) is 6.96. The van der Waals surface area contributed by atoms with Crippen molar-refractivity contribution in [2.75, 3.05) is 13.2 Å². The first-order valence-corrected chi connectivity index (χ1v) is 7.98. The van der Waals surface area contributed by atoms with Crippen LogP contribution in [0.25, 0.3) is 0 Å². The molecule has 1 aromatic carbocycles. The number of carbonyl (C=O) groups excluding carboxylic acids is 3. The molecule has 3 amide bonds. The molecule has 8 heteroatoms. The fourth-order valence-corrected chi connectivity index (χ4v) is 1.74. The molecule has 1 unspecified atom stereocenters. The van der Waals surface area contributed by atoms with Gasteiger partial charge in [0.15, 0.2) is 12.7 Å². The molecule has 0 aliphatic heterocycles. The van der Waals surface area contributed by atoms with E-state index < -0.39 is 24.0 Å². The zero-order chi connectivity index (χ0) is 18.8. The fraction of sp³-hybridized carbons (Fsp3) is 0.471. The van der Waals surface area contributed by atoms with E-state index in [0.717, 1.165) is 0 Å². The van der Waals surface area contributed by atoms with Crippen LogP contribution in [0.1, 0.15) is 27.7 Å². The second-order valence-corrected chi connectivity index (χ2v) is 5.44. The highest BCUT2D eigenvalue weighted by Crippen LogP contribution is 2.17. The third-order valence-electron chi connectivity index (χ3n) is 2.83. The van der Waals surface area contributed by atoms with E-state index in [1.54, 1.807) is 38.1 Å². The number of amides is 3. The highest BCUT2D eigenvalue weighted by molar-refractivity contribution is 5.97. The van der Waals surface area contributed by atoms with Crippen LogP contribution in [0, 0.1) is 0 Å². The van der Waals surface area contributed by atoms with Gasteiger partial charge in [0.05, 0.1) is 6.61 Å². The van der Waals surface area contributed by atoms with Crippen molar-refractivity contribution in [1.29, 1.82) is 0 Å². The molecule has 138 valence electrons. The Balaban J connectivity index is 2.37. The zero-order valence-corrected chi connectivity index (χ0v) is 14.8. The van der Waals surface area contributed by atoms with Crippen LogP contribution in [0.2, 0.25) is 0 Å². The van der Waals surface area contributed by atoms with E-state index >= 15 is 0 Å². The van der Waals surface area contributed by atoms with Gasteiger partial charge in [-0.25, -0.2) is 9.59 Å². The van der Waals surface area contributed by atoms with E-state index in [-0.39, 0.29) is 12.6 Å². The maximum Gasteiger partial charge on any atom is 0.344 e. The molecule has 8 nitrogen and oxygen atoms in total. The monoisotopic (exact) mass is 352 g/mol. The molecule has 0 aliphatic rings. The zero-order valence-electron chi connectivity index (χ0n) is 14.8. The standard InChI is InChI=1S/C17H24N2O6/c1-5-23-13-6-8-14(9-7-13)24-10-15(20)25-12(4)16(21)19-17(22)18-11(2)3/h6-9,11-12H,5,10H2,1-4H3,(H2,18,19,21,22). The maximum atomic E-state index is 11.7. The van der Waals surface area contributed by atoms with Crippen LogP contribution in [0.4, 0.5) is 4.79 Å². The number of benzene rings is 1. The summed E-state index contributed by atoms with van der Waals surface area (Å²) in [7, 11) is 0. The first-order chi connectivity index (χ1) is 11.8. The molecular formula is C17H24N2O6. The van der Waals surface area contributed by atoms with Crippen LogP contribution in [0.5, 0.6) is 11.5 Å². The van der Waals surface area contributed by atoms with Crippen molar-refractivity contribution in [2.45, 2.75) is 39.8 Å². The van der Waals surface area contributed by atoms with Crippen molar-refractivity contribution in [3.63, 3.8) is 0 Å². The Kier molecular flexibility index (Phi) is 8.25. The van der Waals surface area contributed by atoms with E-state index in [4.69, 9.17) is 14.2 Å². The molecule has 0 saturated carbocycles. The molecule has 0 bridgehead atoms. The van der Waals surface area contributed by atoms with Crippen LogP contribution in [-0.2, 0) is 14.3 Å². The second-order valence-electron chi connectivity index (χ2n) is 5.44. The third-order valence-corrected chi connectivity index (χ3v) is 2.83. The van der Waals surface area contributed by atoms with Gasteiger partial charge in [-0.1, -0.05) is 0 Å². The van der Waals surface area contributed by atoms with Gasteiger partial charge in [-0.3, -0.25) is 10.1 Å². The number of hydrogen-bond acceptors (Lipinski definition) is 6. The van der Waals surface area contributed by atoms with Crippen molar-refractivity contribution in [1.82, 2.24) is 10.6 Å². The van der Waals surface area contributed by atoms with Gasteiger partial charge in [0.1, 0.15) is 11.5 Å². The molecule has 0 heterocycles. The molecule has 1 aromatic rings. The highest BCUT2D eigenvalue weighted by atomic mass is 16.6. The van der Waals surface area contributed by atoms with Crippen LogP contribution >= 0.6 is 0 Å². The van der Waals surface area contributed by atoms with Gasteiger partial charge in [-0.15, -0.1) is 0 Å². The molecule has 0 radical (unpaired) electrons. The molecule has 0 spiro atoms. The number of urea groups is 1. The van der Waals surface area contributed by atoms with E-state index in [1.165, 1.54) is 6.92 Å². The first-order valence-electron chi connectivity index (χ1n) is 7.98. The van der Waals surface area contributed by atoms with Gasteiger partial charge in [0.2, 0.25) is 0 Å². The third kappa shape index (κ3) is 8.05. The van der Waals surface area contributed by atoms with Gasteiger partial charge in [-0.05, 0) is 52.0 Å². The molecule has 1 atom stereocenters. The molecule has 0 fully saturated rings. The number of nitrogens with one attached hydrogen (secondary N) is 2. The van der Waals surface area contributed by atoms with Crippen molar-refractivity contribution in [3.05, 3.63) is 24.3 Å². The Labute approximate surface area is 146 Å². The van der Waals surface area contributed by atoms with Crippen LogP contribution in [-0.4, -0.2) is 43.3 Å². The Morgan fingerprint density at radius 1 is 1.00 bits per heavy atom. The van der Waals surface area contributed by atoms with E-state index in [9.17, 15) is 14.4 Å². The largest absolute Gasteiger partial charge is 0.494 e. The van der Waals surface area contributed by atoms with E-state index in [1.807, 2.05) is 6.92 Å². The lowest BCUT2D eigenvalue weighted by Crippen LogP contribution is -2.46. The predicted molar refractivity (Wildman–Crippen MR) is 90.5 cm³/mol. The number of hydrogen-bond donors (Lipinski definition) is 2. The Morgan fingerprint density at radius 2 is 1.56 bits per heavy atom. The van der Waals surface area contributed by atoms with Crippen LogP contribution in [0.3, 0.4) is 0 Å². The number of carbonyl (C=O) groups is 3. The summed E-state index contributed by atoms with van der Waals surface area (Å²) in [4.78, 5) is 34.9. The number of imide groups is 1. The molecule has 2 N–H and O–H groups in total. The van der Waals surface area contributed by atoms with Gasteiger partial charge >= 0.3 is 12.0 Å². The first kappa shape index (κ1) is 20.3. The van der Waals surface area contributed by atoms with Crippen molar-refractivity contribution >= 4 is 17.9 Å². The fourth-order valence-electron chi connectivity index (χ4n) is 1.74. The Bertz CT molecular complexity index is 585. The van der Waals surface area contributed by atoms with Crippen LogP contribution < -0.4 is 20.1 Å². The predicted octanol–water partition coefficient (Wildman–Crippen LogP) is 1.63. The van der Waals surface area contributed by atoms with E-state index in [2.05, 4.69) is 10.6 Å². The topological polar surface area (TPSA) is 103 Å². The van der Waals surface area contributed by atoms with Gasteiger partial charge in [0, 0.05) is 6.04 Å². The van der Waals surface area contributed by atoms with Gasteiger partial charge in [-0.2, -0.15) is 0 Å². The number of rotatable bonds is 8. The summed E-state index contributed by atoms with van der Waals surface area (Å²) in [6, 6.07) is 5.98. The minimum absolute atomic E-state index is 0.117. The minimum Gasteiger partial charge on any atom is -0.494 e. The lowest BCUT2D eigenvalue weighted by molar-refractivity contribution is -0.156. The Morgan fingerprint density at radius 3 is 2.08 bits per heavy atom. The summed E-state index contributed by atoms with van der Waals surface area (Å²) < 4.78 is 15.5.